The molecule has 21 heavy (non-hydrogen) atoms. The highest BCUT2D eigenvalue weighted by atomic mass is 32.2. The van der Waals surface area contributed by atoms with Crippen LogP contribution in [-0.4, -0.2) is 55.3 Å². The van der Waals surface area contributed by atoms with Crippen LogP contribution in [-0.2, 0) is 4.79 Å². The number of nitrogens with zero attached hydrogens (tertiary/aromatic N) is 2. The number of thioether (sulfide) groups is 1. The van der Waals surface area contributed by atoms with Gasteiger partial charge in [0.05, 0.1) is 12.2 Å². The van der Waals surface area contributed by atoms with Gasteiger partial charge in [0.25, 0.3) is 0 Å². The summed E-state index contributed by atoms with van der Waals surface area (Å²) in [5.41, 5.74) is 1.08. The van der Waals surface area contributed by atoms with E-state index in [1.807, 2.05) is 28.8 Å². The van der Waals surface area contributed by atoms with Crippen molar-refractivity contribution in [2.45, 2.75) is 24.3 Å². The summed E-state index contributed by atoms with van der Waals surface area (Å²) in [6.45, 7) is 6.50. The fourth-order valence-electron chi connectivity index (χ4n) is 3.14. The molecule has 0 radical (unpaired) electrons. The molecule has 1 unspecified atom stereocenters. The third-order valence-electron chi connectivity index (χ3n) is 4.32. The lowest BCUT2D eigenvalue weighted by molar-refractivity contribution is -0.120. The molecule has 0 saturated carbocycles. The number of rotatable bonds is 4. The second-order valence-electron chi connectivity index (χ2n) is 5.57. The zero-order valence-electron chi connectivity index (χ0n) is 12.5. The van der Waals surface area contributed by atoms with Crippen molar-refractivity contribution < 1.29 is 4.79 Å². The highest BCUT2D eigenvalue weighted by molar-refractivity contribution is 7.99. The summed E-state index contributed by atoms with van der Waals surface area (Å²) in [5.74, 6) is 1.22. The van der Waals surface area contributed by atoms with Crippen molar-refractivity contribution in [2.75, 3.05) is 43.4 Å². The monoisotopic (exact) mass is 305 g/mol. The van der Waals surface area contributed by atoms with Crippen LogP contribution in [0.2, 0.25) is 0 Å². The van der Waals surface area contributed by atoms with Crippen LogP contribution in [0.3, 0.4) is 0 Å². The minimum atomic E-state index is 0.233. The van der Waals surface area contributed by atoms with E-state index in [1.54, 1.807) is 0 Å². The van der Waals surface area contributed by atoms with Gasteiger partial charge in [-0.25, -0.2) is 0 Å². The Bertz CT molecular complexity index is 502. The summed E-state index contributed by atoms with van der Waals surface area (Å²) in [6.07, 6.45) is 1.15. The molecule has 0 bridgehead atoms. The van der Waals surface area contributed by atoms with E-state index in [9.17, 15) is 4.79 Å². The molecule has 2 heterocycles. The molecule has 1 saturated heterocycles. The number of carbonyl (C=O) groups is 1. The minimum Gasteiger partial charge on any atom is -0.315 e. The summed E-state index contributed by atoms with van der Waals surface area (Å²) in [4.78, 5) is 18.2. The van der Waals surface area contributed by atoms with Crippen LogP contribution >= 0.6 is 11.8 Å². The average Bonchev–Trinajstić information content (AvgIpc) is 3.06. The molecular weight excluding hydrogens is 282 g/mol. The molecule has 0 spiro atoms. The number of hydrogen-bond donors (Lipinski definition) is 1. The normalized spacial score (nSPS) is 21.6. The zero-order valence-corrected chi connectivity index (χ0v) is 13.4. The first kappa shape index (κ1) is 14.9. The molecule has 1 aromatic rings. The van der Waals surface area contributed by atoms with Gasteiger partial charge in [-0.15, -0.1) is 11.8 Å². The fraction of sp³-hybridized carbons (Fsp3) is 0.562. The van der Waals surface area contributed by atoms with Crippen LogP contribution in [0.15, 0.2) is 29.2 Å². The standard InChI is InChI=1S/C16H23N3OS/c1-2-18(13-7-8-17-11-13)12-16(20)19-9-10-21-15-6-4-3-5-14(15)19/h3-6,13,17H,2,7-12H2,1H3. The predicted octanol–water partition coefficient (Wildman–Crippen LogP) is 1.81. The van der Waals surface area contributed by atoms with E-state index in [0.29, 0.717) is 12.6 Å². The molecule has 1 atom stereocenters. The zero-order chi connectivity index (χ0) is 14.7. The van der Waals surface area contributed by atoms with Gasteiger partial charge >= 0.3 is 0 Å². The Morgan fingerprint density at radius 1 is 1.48 bits per heavy atom. The molecule has 114 valence electrons. The Labute approximate surface area is 130 Å². The van der Waals surface area contributed by atoms with Crippen molar-refractivity contribution >= 4 is 23.4 Å². The first-order valence-electron chi connectivity index (χ1n) is 7.76. The van der Waals surface area contributed by atoms with E-state index < -0.39 is 0 Å². The molecule has 2 aliphatic heterocycles. The van der Waals surface area contributed by atoms with Crippen molar-refractivity contribution in [3.8, 4) is 0 Å². The lowest BCUT2D eigenvalue weighted by Crippen LogP contribution is -2.46. The van der Waals surface area contributed by atoms with Gasteiger partial charge in [0.2, 0.25) is 5.91 Å². The van der Waals surface area contributed by atoms with Gasteiger partial charge in [0.15, 0.2) is 0 Å². The Morgan fingerprint density at radius 3 is 3.10 bits per heavy atom. The van der Waals surface area contributed by atoms with Crippen LogP contribution in [0.1, 0.15) is 13.3 Å². The number of para-hydroxylation sites is 1. The number of anilines is 1. The molecule has 1 amide bonds. The maximum atomic E-state index is 12.7. The lowest BCUT2D eigenvalue weighted by atomic mass is 10.2. The second-order valence-corrected chi connectivity index (χ2v) is 6.71. The van der Waals surface area contributed by atoms with Gasteiger partial charge in [0, 0.05) is 29.8 Å². The number of benzene rings is 1. The third-order valence-corrected chi connectivity index (χ3v) is 5.37. The molecule has 1 fully saturated rings. The minimum absolute atomic E-state index is 0.233. The lowest BCUT2D eigenvalue weighted by Gasteiger charge is -2.33. The van der Waals surface area contributed by atoms with Gasteiger partial charge in [-0.1, -0.05) is 19.1 Å². The topological polar surface area (TPSA) is 35.6 Å². The number of likely N-dealkylation sites (N-methyl/N-ethyl adjacent to an activating group) is 1. The number of carbonyl (C=O) groups excluding carboxylic acids is 1. The molecule has 0 aliphatic carbocycles. The van der Waals surface area contributed by atoms with Crippen molar-refractivity contribution in [3.05, 3.63) is 24.3 Å². The van der Waals surface area contributed by atoms with Crippen LogP contribution < -0.4 is 10.2 Å². The summed E-state index contributed by atoms with van der Waals surface area (Å²) in [7, 11) is 0. The molecule has 3 rings (SSSR count). The third kappa shape index (κ3) is 3.25. The van der Waals surface area contributed by atoms with Crippen molar-refractivity contribution in [1.29, 1.82) is 0 Å². The van der Waals surface area contributed by atoms with Crippen LogP contribution in [0.5, 0.6) is 0 Å². The molecule has 4 nitrogen and oxygen atoms in total. The Morgan fingerprint density at radius 2 is 2.33 bits per heavy atom. The summed E-state index contributed by atoms with van der Waals surface area (Å²) in [6, 6.07) is 8.74. The average molecular weight is 305 g/mol. The summed E-state index contributed by atoms with van der Waals surface area (Å²) in [5, 5.41) is 3.39. The molecule has 0 aromatic heterocycles. The molecule has 2 aliphatic rings. The quantitative estimate of drug-likeness (QED) is 0.920. The SMILES string of the molecule is CCN(CC(=O)N1CCSc2ccccc21)C1CCNC1. The Balaban J connectivity index is 1.70. The maximum absolute atomic E-state index is 12.7. The second kappa shape index (κ2) is 6.81. The van der Waals surface area contributed by atoms with E-state index in [2.05, 4.69) is 29.3 Å². The fourth-order valence-corrected chi connectivity index (χ4v) is 4.13. The van der Waals surface area contributed by atoms with Gasteiger partial charge in [-0.05, 0) is 31.6 Å². The smallest absolute Gasteiger partial charge is 0.241 e. The van der Waals surface area contributed by atoms with E-state index >= 15 is 0 Å². The number of nitrogens with one attached hydrogen (secondary N) is 1. The predicted molar refractivity (Wildman–Crippen MR) is 88.0 cm³/mol. The van der Waals surface area contributed by atoms with Gasteiger partial charge in [-0.2, -0.15) is 0 Å². The Hall–Kier alpha value is -1.04. The highest BCUT2D eigenvalue weighted by Gasteiger charge is 2.27. The van der Waals surface area contributed by atoms with E-state index in [-0.39, 0.29) is 5.91 Å². The van der Waals surface area contributed by atoms with E-state index in [0.717, 1.165) is 44.0 Å². The van der Waals surface area contributed by atoms with Gasteiger partial charge in [0.1, 0.15) is 0 Å². The summed E-state index contributed by atoms with van der Waals surface area (Å²) < 4.78 is 0. The number of hydrogen-bond acceptors (Lipinski definition) is 4. The van der Waals surface area contributed by atoms with Crippen LogP contribution in [0, 0.1) is 0 Å². The van der Waals surface area contributed by atoms with Crippen LogP contribution in [0.25, 0.3) is 0 Å². The van der Waals surface area contributed by atoms with Crippen molar-refractivity contribution in [1.82, 2.24) is 10.2 Å². The molecular formula is C16H23N3OS. The first-order valence-corrected chi connectivity index (χ1v) is 8.75. The van der Waals surface area contributed by atoms with Crippen LogP contribution in [0.4, 0.5) is 5.69 Å². The largest absolute Gasteiger partial charge is 0.315 e. The number of fused-ring (bicyclic) bond motifs is 1. The van der Waals surface area contributed by atoms with Gasteiger partial charge in [-0.3, -0.25) is 9.69 Å². The van der Waals surface area contributed by atoms with Crippen molar-refractivity contribution in [3.63, 3.8) is 0 Å². The molecule has 1 aromatic carbocycles. The van der Waals surface area contributed by atoms with E-state index in [4.69, 9.17) is 0 Å². The van der Waals surface area contributed by atoms with Gasteiger partial charge < -0.3 is 10.2 Å². The first-order chi connectivity index (χ1) is 10.3. The van der Waals surface area contributed by atoms with Crippen molar-refractivity contribution in [2.24, 2.45) is 0 Å². The molecule has 5 heteroatoms. The summed E-state index contributed by atoms with van der Waals surface area (Å²) >= 11 is 1.84. The number of amides is 1. The maximum Gasteiger partial charge on any atom is 0.241 e. The molecule has 1 N–H and O–H groups in total. The Kier molecular flexibility index (Phi) is 4.83. The van der Waals surface area contributed by atoms with E-state index in [1.165, 1.54) is 4.90 Å². The highest BCUT2D eigenvalue weighted by Crippen LogP contribution is 2.34.